The molecule has 2 N–H and O–H groups in total. The molecule has 1 aromatic rings. The van der Waals surface area contributed by atoms with Crippen molar-refractivity contribution in [2.24, 2.45) is 0 Å². The largest absolute Gasteiger partial charge is 0.493 e. The van der Waals surface area contributed by atoms with Crippen molar-refractivity contribution in [1.29, 1.82) is 0 Å². The number of benzene rings is 1. The van der Waals surface area contributed by atoms with Crippen LogP contribution in [0.3, 0.4) is 0 Å². The summed E-state index contributed by atoms with van der Waals surface area (Å²) in [5, 5.41) is 6.38. The van der Waals surface area contributed by atoms with Crippen molar-refractivity contribution >= 4 is 24.4 Å². The van der Waals surface area contributed by atoms with Crippen molar-refractivity contribution in [2.45, 2.75) is 18.9 Å². The fourth-order valence-corrected chi connectivity index (χ4v) is 2.72. The number of carbonyl (C=O) groups is 1. The van der Waals surface area contributed by atoms with Crippen LogP contribution in [0.2, 0.25) is 0 Å². The highest BCUT2D eigenvalue weighted by atomic mass is 35.5. The minimum Gasteiger partial charge on any atom is -0.493 e. The average Bonchev–Trinajstić information content (AvgIpc) is 2.54. The van der Waals surface area contributed by atoms with Gasteiger partial charge in [-0.15, -0.1) is 12.4 Å². The van der Waals surface area contributed by atoms with Crippen LogP contribution in [0.25, 0.3) is 6.08 Å². The van der Waals surface area contributed by atoms with E-state index in [2.05, 4.69) is 10.6 Å². The minimum atomic E-state index is -0.0321. The van der Waals surface area contributed by atoms with E-state index in [1.807, 2.05) is 24.3 Å². The van der Waals surface area contributed by atoms with Crippen molar-refractivity contribution in [3.63, 3.8) is 0 Å². The molecule has 0 saturated carbocycles. The van der Waals surface area contributed by atoms with Gasteiger partial charge in [0, 0.05) is 11.6 Å². The van der Waals surface area contributed by atoms with Gasteiger partial charge in [0.2, 0.25) is 0 Å². The molecule has 2 heterocycles. The third kappa shape index (κ3) is 3.54. The van der Waals surface area contributed by atoms with Crippen LogP contribution < -0.4 is 20.1 Å². The molecule has 3 rings (SSSR count). The van der Waals surface area contributed by atoms with Crippen LogP contribution in [-0.2, 0) is 4.79 Å². The van der Waals surface area contributed by atoms with Crippen LogP contribution in [-0.4, -0.2) is 38.8 Å². The quantitative estimate of drug-likeness (QED) is 0.889. The van der Waals surface area contributed by atoms with Crippen LogP contribution in [0.4, 0.5) is 0 Å². The van der Waals surface area contributed by atoms with E-state index in [0.29, 0.717) is 17.1 Å². The van der Waals surface area contributed by atoms with E-state index in [-0.39, 0.29) is 31.0 Å². The summed E-state index contributed by atoms with van der Waals surface area (Å²) in [6, 6.07) is 5.93. The summed E-state index contributed by atoms with van der Waals surface area (Å²) in [5.41, 5.74) is 1.55. The first-order valence-electron chi connectivity index (χ1n) is 7.30. The van der Waals surface area contributed by atoms with Gasteiger partial charge in [0.15, 0.2) is 11.5 Å². The zero-order valence-corrected chi connectivity index (χ0v) is 13.4. The Morgan fingerprint density at radius 3 is 2.86 bits per heavy atom. The van der Waals surface area contributed by atoms with Crippen molar-refractivity contribution in [3.05, 3.63) is 29.3 Å². The van der Waals surface area contributed by atoms with Gasteiger partial charge in [0.05, 0.1) is 12.7 Å². The number of rotatable bonds is 3. The van der Waals surface area contributed by atoms with Gasteiger partial charge in [-0.3, -0.25) is 4.79 Å². The van der Waals surface area contributed by atoms with E-state index in [9.17, 15) is 4.79 Å². The molecular formula is C16H21ClN2O3. The van der Waals surface area contributed by atoms with Crippen LogP contribution >= 0.6 is 12.4 Å². The lowest BCUT2D eigenvalue weighted by Crippen LogP contribution is -2.43. The standard InChI is InChI=1S/C16H20N2O3.ClH/c1-20-14-4-2-3-11-9-12(10-21-15(11)14)16(19)18-13-5-7-17-8-6-13;/h2-4,9,13,17H,5-8,10H2,1H3,(H,18,19);1H. The number of methoxy groups -OCH3 is 1. The zero-order valence-electron chi connectivity index (χ0n) is 12.6. The average molecular weight is 325 g/mol. The van der Waals surface area contributed by atoms with Crippen LogP contribution in [0, 0.1) is 0 Å². The smallest absolute Gasteiger partial charge is 0.250 e. The molecule has 2 aliphatic heterocycles. The molecule has 2 aliphatic rings. The van der Waals surface area contributed by atoms with Crippen LogP contribution in [0.1, 0.15) is 18.4 Å². The Hall–Kier alpha value is -1.72. The molecule has 5 nitrogen and oxygen atoms in total. The maximum absolute atomic E-state index is 12.3. The Morgan fingerprint density at radius 2 is 2.14 bits per heavy atom. The molecule has 0 atom stereocenters. The molecule has 0 aromatic heterocycles. The highest BCUT2D eigenvalue weighted by molar-refractivity contribution is 5.99. The number of carbonyl (C=O) groups excluding carboxylic acids is 1. The first kappa shape index (κ1) is 16.6. The second kappa shape index (κ2) is 7.51. The number of ether oxygens (including phenoxy) is 2. The Balaban J connectivity index is 0.00000176. The number of para-hydroxylation sites is 1. The third-order valence-electron chi connectivity index (χ3n) is 3.90. The summed E-state index contributed by atoms with van der Waals surface area (Å²) in [6.45, 7) is 2.20. The molecule has 120 valence electrons. The van der Waals surface area contributed by atoms with Gasteiger partial charge in [0.1, 0.15) is 6.61 Å². The Labute approximate surface area is 136 Å². The number of piperidine rings is 1. The number of hydrogen-bond acceptors (Lipinski definition) is 4. The summed E-state index contributed by atoms with van der Waals surface area (Å²) >= 11 is 0. The second-order valence-corrected chi connectivity index (χ2v) is 5.33. The lowest BCUT2D eigenvalue weighted by Gasteiger charge is -2.25. The van der Waals surface area contributed by atoms with Gasteiger partial charge in [-0.2, -0.15) is 0 Å². The predicted molar refractivity (Wildman–Crippen MR) is 87.7 cm³/mol. The molecule has 0 spiro atoms. The van der Waals surface area contributed by atoms with E-state index in [4.69, 9.17) is 9.47 Å². The molecule has 22 heavy (non-hydrogen) atoms. The van der Waals surface area contributed by atoms with Gasteiger partial charge in [-0.25, -0.2) is 0 Å². The SMILES string of the molecule is COc1cccc2c1OCC(C(=O)NC1CCNCC1)=C2.Cl. The summed E-state index contributed by atoms with van der Waals surface area (Å²) in [4.78, 5) is 12.3. The second-order valence-electron chi connectivity index (χ2n) is 5.33. The molecule has 1 saturated heterocycles. The number of fused-ring (bicyclic) bond motifs is 1. The summed E-state index contributed by atoms with van der Waals surface area (Å²) in [7, 11) is 1.61. The van der Waals surface area contributed by atoms with E-state index in [1.165, 1.54) is 0 Å². The van der Waals surface area contributed by atoms with E-state index >= 15 is 0 Å². The van der Waals surface area contributed by atoms with Gasteiger partial charge in [-0.05, 0) is 38.1 Å². The maximum Gasteiger partial charge on any atom is 0.250 e. The van der Waals surface area contributed by atoms with Gasteiger partial charge in [0.25, 0.3) is 5.91 Å². The summed E-state index contributed by atoms with van der Waals surface area (Å²) in [6.07, 6.45) is 3.84. The fraction of sp³-hybridized carbons (Fsp3) is 0.438. The fourth-order valence-electron chi connectivity index (χ4n) is 2.72. The van der Waals surface area contributed by atoms with Crippen molar-refractivity contribution in [1.82, 2.24) is 10.6 Å². The molecule has 1 amide bonds. The number of hydrogen-bond donors (Lipinski definition) is 2. The monoisotopic (exact) mass is 324 g/mol. The van der Waals surface area contributed by atoms with Crippen molar-refractivity contribution in [2.75, 3.05) is 26.8 Å². The number of amides is 1. The first-order valence-corrected chi connectivity index (χ1v) is 7.30. The number of halogens is 1. The normalized spacial score (nSPS) is 17.4. The molecule has 1 aromatic carbocycles. The highest BCUT2D eigenvalue weighted by Gasteiger charge is 2.22. The molecule has 6 heteroatoms. The van der Waals surface area contributed by atoms with Gasteiger partial charge in [-0.1, -0.05) is 12.1 Å². The van der Waals surface area contributed by atoms with E-state index in [0.717, 1.165) is 31.5 Å². The zero-order chi connectivity index (χ0) is 14.7. The molecule has 1 fully saturated rings. The lowest BCUT2D eigenvalue weighted by molar-refractivity contribution is -0.118. The summed E-state index contributed by atoms with van der Waals surface area (Å²) in [5.74, 6) is 1.37. The van der Waals surface area contributed by atoms with Crippen molar-refractivity contribution < 1.29 is 14.3 Å². The minimum absolute atomic E-state index is 0. The molecular weight excluding hydrogens is 304 g/mol. The Morgan fingerprint density at radius 1 is 1.36 bits per heavy atom. The Bertz CT molecular complexity index is 569. The van der Waals surface area contributed by atoms with Crippen LogP contribution in [0.5, 0.6) is 11.5 Å². The van der Waals surface area contributed by atoms with Crippen molar-refractivity contribution in [3.8, 4) is 11.5 Å². The number of nitrogens with one attached hydrogen (secondary N) is 2. The first-order chi connectivity index (χ1) is 10.3. The topological polar surface area (TPSA) is 59.6 Å². The maximum atomic E-state index is 12.3. The molecule has 0 radical (unpaired) electrons. The van der Waals surface area contributed by atoms with E-state index in [1.54, 1.807) is 7.11 Å². The Kier molecular flexibility index (Phi) is 5.69. The predicted octanol–water partition coefficient (Wildman–Crippen LogP) is 1.76. The third-order valence-corrected chi connectivity index (χ3v) is 3.90. The molecule has 0 bridgehead atoms. The van der Waals surface area contributed by atoms with Crippen LogP contribution in [0.15, 0.2) is 23.8 Å². The summed E-state index contributed by atoms with van der Waals surface area (Å²) < 4.78 is 11.0. The van der Waals surface area contributed by atoms with Gasteiger partial charge >= 0.3 is 0 Å². The lowest BCUT2D eigenvalue weighted by atomic mass is 10.0. The highest BCUT2D eigenvalue weighted by Crippen LogP contribution is 2.35. The van der Waals surface area contributed by atoms with E-state index < -0.39 is 0 Å². The van der Waals surface area contributed by atoms with Gasteiger partial charge < -0.3 is 20.1 Å². The molecule has 0 unspecified atom stereocenters. The molecule has 0 aliphatic carbocycles.